The minimum atomic E-state index is -3.21. The van der Waals surface area contributed by atoms with Gasteiger partial charge in [-0.15, -0.1) is 0 Å². The van der Waals surface area contributed by atoms with Crippen molar-refractivity contribution in [2.24, 2.45) is 0 Å². The van der Waals surface area contributed by atoms with E-state index in [1.165, 1.54) is 97.7 Å². The zero-order valence-corrected chi connectivity index (χ0v) is 47.2. The summed E-state index contributed by atoms with van der Waals surface area (Å²) in [5, 5.41) is 10.2. The molecular weight excluding hydrogens is 1020 g/mol. The molecular formula is C80H58N2Si. The Morgan fingerprint density at radius 3 is 1.37 bits per heavy atom. The lowest BCUT2D eigenvalue weighted by Gasteiger charge is -2.37. The third-order valence-corrected chi connectivity index (χ3v) is 22.5. The lowest BCUT2D eigenvalue weighted by molar-refractivity contribution is 0.768. The molecule has 2 aromatic heterocycles. The summed E-state index contributed by atoms with van der Waals surface area (Å²) in [6.07, 6.45) is 8.58. The summed E-state index contributed by atoms with van der Waals surface area (Å²) in [5.41, 5.74) is 18.4. The molecule has 0 saturated carbocycles. The average Bonchev–Trinajstić information content (AvgIpc) is 4.30. The van der Waals surface area contributed by atoms with Crippen molar-refractivity contribution >= 4 is 72.4 Å². The minimum absolute atomic E-state index is 0.601. The Labute approximate surface area is 486 Å². The maximum Gasteiger partial charge on any atom is 0.179 e. The van der Waals surface area contributed by atoms with E-state index in [0.29, 0.717) is 0 Å². The number of allylic oxidation sites excluding steroid dienone is 5. The van der Waals surface area contributed by atoms with Crippen LogP contribution in [0.5, 0.6) is 0 Å². The van der Waals surface area contributed by atoms with Crippen LogP contribution < -0.4 is 20.7 Å². The van der Waals surface area contributed by atoms with E-state index in [9.17, 15) is 0 Å². The van der Waals surface area contributed by atoms with Crippen LogP contribution in [0.15, 0.2) is 334 Å². The van der Waals surface area contributed by atoms with Crippen LogP contribution in [0.4, 0.5) is 0 Å². The van der Waals surface area contributed by atoms with Gasteiger partial charge >= 0.3 is 0 Å². The number of rotatable bonds is 12. The third-order valence-electron chi connectivity index (χ3n) is 17.7. The van der Waals surface area contributed by atoms with Crippen molar-refractivity contribution in [3.8, 4) is 44.8 Å². The molecule has 0 bridgehead atoms. The normalized spacial score (nSPS) is 13.0. The molecule has 0 unspecified atom stereocenters. The van der Waals surface area contributed by atoms with Crippen molar-refractivity contribution < 1.29 is 0 Å². The number of fused-ring (bicyclic) bond motifs is 9. The van der Waals surface area contributed by atoms with Gasteiger partial charge in [-0.2, -0.15) is 0 Å². The zero-order chi connectivity index (χ0) is 55.5. The van der Waals surface area contributed by atoms with E-state index in [4.69, 9.17) is 0 Å². The van der Waals surface area contributed by atoms with Gasteiger partial charge < -0.3 is 9.13 Å². The largest absolute Gasteiger partial charge is 0.309 e. The second kappa shape index (κ2) is 20.3. The smallest absolute Gasteiger partial charge is 0.179 e. The fourth-order valence-corrected chi connectivity index (χ4v) is 19.0. The molecule has 12 aromatic carbocycles. The Morgan fingerprint density at radius 2 is 0.831 bits per heavy atom. The average molecular weight is 1080 g/mol. The van der Waals surface area contributed by atoms with Crippen molar-refractivity contribution in [2.75, 3.05) is 0 Å². The molecule has 0 atom stereocenters. The number of hydrogen-bond donors (Lipinski definition) is 0. The Kier molecular flexibility index (Phi) is 12.2. The van der Waals surface area contributed by atoms with Gasteiger partial charge in [0.05, 0.1) is 33.2 Å². The molecule has 0 amide bonds. The van der Waals surface area contributed by atoms with E-state index in [-0.39, 0.29) is 0 Å². The Bertz CT molecular complexity index is 4690. The fourth-order valence-electron chi connectivity index (χ4n) is 14.3. The zero-order valence-electron chi connectivity index (χ0n) is 46.2. The summed E-state index contributed by atoms with van der Waals surface area (Å²) in [6.45, 7) is 6.59. The molecule has 392 valence electrons. The molecule has 1 aliphatic rings. The molecule has 1 aliphatic carbocycles. The van der Waals surface area contributed by atoms with Gasteiger partial charge in [0.25, 0.3) is 0 Å². The van der Waals surface area contributed by atoms with E-state index in [0.717, 1.165) is 33.6 Å². The van der Waals surface area contributed by atoms with Crippen LogP contribution in [0.2, 0.25) is 0 Å². The first-order chi connectivity index (χ1) is 41.1. The van der Waals surface area contributed by atoms with Gasteiger partial charge in [0.15, 0.2) is 8.07 Å². The number of benzene rings is 12. The number of nitrogens with zero attached hydrogens (tertiary/aromatic N) is 2. The molecule has 2 heterocycles. The topological polar surface area (TPSA) is 9.86 Å². The molecule has 0 spiro atoms. The lowest BCUT2D eigenvalue weighted by atomic mass is 9.67. The molecule has 83 heavy (non-hydrogen) atoms. The van der Waals surface area contributed by atoms with E-state index < -0.39 is 13.5 Å². The van der Waals surface area contributed by atoms with Crippen molar-refractivity contribution in [3.63, 3.8) is 0 Å². The van der Waals surface area contributed by atoms with Gasteiger partial charge in [0.1, 0.15) is 0 Å². The summed E-state index contributed by atoms with van der Waals surface area (Å²) in [5.74, 6) is 0. The molecule has 2 nitrogen and oxygen atoms in total. The second-order valence-corrected chi connectivity index (χ2v) is 25.6. The van der Waals surface area contributed by atoms with Crippen molar-refractivity contribution in [3.05, 3.63) is 350 Å². The van der Waals surface area contributed by atoms with Crippen molar-refractivity contribution in [1.29, 1.82) is 0 Å². The highest BCUT2D eigenvalue weighted by Gasteiger charge is 2.47. The Morgan fingerprint density at radius 1 is 0.373 bits per heavy atom. The van der Waals surface area contributed by atoms with Crippen LogP contribution in [-0.2, 0) is 5.41 Å². The quantitative estimate of drug-likeness (QED) is 0.0656. The minimum Gasteiger partial charge on any atom is -0.309 e. The maximum atomic E-state index is 4.51. The van der Waals surface area contributed by atoms with E-state index >= 15 is 0 Å². The molecule has 0 aliphatic heterocycles. The highest BCUT2D eigenvalue weighted by molar-refractivity contribution is 7.20. The standard InChI is InChI=1S/C80H58N2Si/c1-3-5-28-57(4-2)80(73-41-19-12-34-65(73)66-35-13-20-42-74(66)80)58-48-50-62(51-49-58)83(60-30-8-6-9-31-60,61-32-10-7-11-33-61)63-52-53-64(67-36-14-23-45-77(67)82-78-46-24-17-39-70(78)71-40-18-25-47-79(71)82)72(55-63)56-27-26-29-59(54-56)81-75-43-21-15-37-68(75)69-38-16-22-44-76(69)81/h3-55H,2H2,1H3/b5-3-,57-28+. The van der Waals surface area contributed by atoms with Gasteiger partial charge in [0, 0.05) is 32.8 Å². The van der Waals surface area contributed by atoms with Crippen molar-refractivity contribution in [2.45, 2.75) is 12.3 Å². The van der Waals surface area contributed by atoms with Gasteiger partial charge in [-0.3, -0.25) is 0 Å². The van der Waals surface area contributed by atoms with Crippen LogP contribution in [0.25, 0.3) is 88.4 Å². The van der Waals surface area contributed by atoms with Crippen LogP contribution in [0.1, 0.15) is 23.6 Å². The molecule has 0 N–H and O–H groups in total. The molecule has 0 saturated heterocycles. The number of hydrogen-bond acceptors (Lipinski definition) is 0. The van der Waals surface area contributed by atoms with Gasteiger partial charge in [-0.25, -0.2) is 0 Å². The Hall–Kier alpha value is -10.3. The van der Waals surface area contributed by atoms with E-state index in [1.807, 2.05) is 0 Å². The SMILES string of the molecule is C=C/C(=C\C=C/C)C1(c2ccc([Si](c3ccccc3)(c3ccccc3)c3ccc(-c4ccccc4-n4c5ccccc5c5ccccc54)c(-c4cccc(-n5c6ccccc6c6ccccc65)c4)c3)cc2)c2ccccc2-c2ccccc21. The predicted octanol–water partition coefficient (Wildman–Crippen LogP) is 17.6. The summed E-state index contributed by atoms with van der Waals surface area (Å²) in [6, 6.07) is 111. The fraction of sp³-hybridized carbons (Fsp3) is 0.0250. The first-order valence-corrected chi connectivity index (χ1v) is 30.8. The molecule has 15 rings (SSSR count). The summed E-state index contributed by atoms with van der Waals surface area (Å²) in [7, 11) is -3.21. The van der Waals surface area contributed by atoms with Crippen LogP contribution in [-0.4, -0.2) is 17.2 Å². The van der Waals surface area contributed by atoms with Crippen molar-refractivity contribution in [1.82, 2.24) is 9.13 Å². The second-order valence-electron chi connectivity index (χ2n) is 21.8. The molecule has 14 aromatic rings. The van der Waals surface area contributed by atoms with Crippen LogP contribution >= 0.6 is 0 Å². The highest BCUT2D eigenvalue weighted by Crippen LogP contribution is 2.56. The van der Waals surface area contributed by atoms with Crippen LogP contribution in [0, 0.1) is 0 Å². The van der Waals surface area contributed by atoms with Crippen LogP contribution in [0.3, 0.4) is 0 Å². The summed E-state index contributed by atoms with van der Waals surface area (Å²) in [4.78, 5) is 0. The Balaban J connectivity index is 1.01. The first-order valence-electron chi connectivity index (χ1n) is 28.8. The summed E-state index contributed by atoms with van der Waals surface area (Å²) >= 11 is 0. The van der Waals surface area contributed by atoms with E-state index in [2.05, 4.69) is 344 Å². The predicted molar refractivity (Wildman–Crippen MR) is 354 cm³/mol. The van der Waals surface area contributed by atoms with Gasteiger partial charge in [-0.05, 0) is 120 Å². The molecule has 0 radical (unpaired) electrons. The first kappa shape index (κ1) is 49.7. The summed E-state index contributed by atoms with van der Waals surface area (Å²) < 4.78 is 4.91. The lowest BCUT2D eigenvalue weighted by Crippen LogP contribution is -2.74. The monoisotopic (exact) mass is 1070 g/mol. The maximum absolute atomic E-state index is 4.51. The highest BCUT2D eigenvalue weighted by atomic mass is 28.3. The van der Waals surface area contributed by atoms with E-state index in [1.54, 1.807) is 0 Å². The molecule has 3 heteroatoms. The molecule has 0 fully saturated rings. The van der Waals surface area contributed by atoms with Gasteiger partial charge in [0.2, 0.25) is 0 Å². The number of para-hydroxylation sites is 5. The third kappa shape index (κ3) is 7.62. The van der Waals surface area contributed by atoms with Gasteiger partial charge in [-0.1, -0.05) is 286 Å². The number of aromatic nitrogens is 2.